The van der Waals surface area contributed by atoms with E-state index in [1.807, 2.05) is 13.1 Å². The number of furan rings is 1. The van der Waals surface area contributed by atoms with Gasteiger partial charge in [-0.2, -0.15) is 0 Å². The molecule has 1 amide bonds. The number of carbonyl (C=O) groups is 1. The second-order valence-corrected chi connectivity index (χ2v) is 3.69. The molecule has 0 radical (unpaired) electrons. The summed E-state index contributed by atoms with van der Waals surface area (Å²) in [5.41, 5.74) is 1.12. The van der Waals surface area contributed by atoms with Crippen LogP contribution in [0.4, 0.5) is 0 Å². The molecule has 0 aliphatic carbocycles. The van der Waals surface area contributed by atoms with Crippen LogP contribution in [0.15, 0.2) is 23.0 Å². The van der Waals surface area contributed by atoms with Crippen molar-refractivity contribution < 1.29 is 9.21 Å². The van der Waals surface area contributed by atoms with Gasteiger partial charge >= 0.3 is 0 Å². The molecule has 1 N–H and O–H groups in total. The summed E-state index contributed by atoms with van der Waals surface area (Å²) in [6.45, 7) is 1.57. The fourth-order valence-electron chi connectivity index (χ4n) is 1.66. The summed E-state index contributed by atoms with van der Waals surface area (Å²) in [7, 11) is 1.84. The van der Waals surface area contributed by atoms with Crippen molar-refractivity contribution in [3.05, 3.63) is 24.2 Å². The lowest BCUT2D eigenvalue weighted by molar-refractivity contribution is -0.126. The predicted molar refractivity (Wildman–Crippen MR) is 51.6 cm³/mol. The van der Waals surface area contributed by atoms with E-state index >= 15 is 0 Å². The van der Waals surface area contributed by atoms with Crippen LogP contribution in [0.5, 0.6) is 0 Å². The molecule has 76 valence electrons. The van der Waals surface area contributed by atoms with Crippen LogP contribution in [0.1, 0.15) is 12.0 Å². The van der Waals surface area contributed by atoms with Crippen molar-refractivity contribution in [2.75, 3.05) is 13.6 Å². The predicted octanol–water partition coefficient (Wildman–Crippen LogP) is 0.600. The van der Waals surface area contributed by atoms with Gasteiger partial charge in [-0.3, -0.25) is 4.79 Å². The molecule has 0 spiro atoms. The molecule has 14 heavy (non-hydrogen) atoms. The van der Waals surface area contributed by atoms with Crippen LogP contribution in [0, 0.1) is 0 Å². The fourth-order valence-corrected chi connectivity index (χ4v) is 1.66. The molecule has 1 aromatic heterocycles. The molecule has 1 fully saturated rings. The van der Waals surface area contributed by atoms with E-state index in [2.05, 4.69) is 5.32 Å². The first-order chi connectivity index (χ1) is 6.75. The Morgan fingerprint density at radius 1 is 1.71 bits per heavy atom. The molecule has 4 nitrogen and oxygen atoms in total. The van der Waals surface area contributed by atoms with Gasteiger partial charge in [0.15, 0.2) is 0 Å². The second kappa shape index (κ2) is 3.84. The maximum absolute atomic E-state index is 11.2. The Morgan fingerprint density at radius 2 is 2.57 bits per heavy atom. The van der Waals surface area contributed by atoms with Gasteiger partial charge in [-0.05, 0) is 6.07 Å². The maximum Gasteiger partial charge on any atom is 0.224 e. The van der Waals surface area contributed by atoms with Crippen molar-refractivity contribution in [1.82, 2.24) is 10.2 Å². The lowest BCUT2D eigenvalue weighted by Crippen LogP contribution is -2.30. The summed E-state index contributed by atoms with van der Waals surface area (Å²) in [6, 6.07) is 2.20. The largest absolute Gasteiger partial charge is 0.472 e. The van der Waals surface area contributed by atoms with E-state index in [0.29, 0.717) is 6.42 Å². The minimum atomic E-state index is 0.217. The van der Waals surface area contributed by atoms with E-state index in [0.717, 1.165) is 18.7 Å². The van der Waals surface area contributed by atoms with Gasteiger partial charge in [-0.15, -0.1) is 0 Å². The summed E-state index contributed by atoms with van der Waals surface area (Å²) in [6.07, 6.45) is 3.98. The fraction of sp³-hybridized carbons (Fsp3) is 0.500. The minimum Gasteiger partial charge on any atom is -0.472 e. The van der Waals surface area contributed by atoms with Gasteiger partial charge < -0.3 is 14.6 Å². The molecule has 2 rings (SSSR count). The zero-order valence-electron chi connectivity index (χ0n) is 8.19. The number of hydrogen-bond acceptors (Lipinski definition) is 3. The summed E-state index contributed by atoms with van der Waals surface area (Å²) in [5, 5.41) is 3.32. The molecule has 0 aromatic carbocycles. The summed E-state index contributed by atoms with van der Waals surface area (Å²) < 4.78 is 4.95. The molecule has 1 unspecified atom stereocenters. The highest BCUT2D eigenvalue weighted by atomic mass is 16.3. The Morgan fingerprint density at radius 3 is 3.14 bits per heavy atom. The van der Waals surface area contributed by atoms with E-state index in [1.165, 1.54) is 0 Å². The van der Waals surface area contributed by atoms with Crippen LogP contribution in [-0.2, 0) is 11.3 Å². The van der Waals surface area contributed by atoms with Crippen molar-refractivity contribution in [3.8, 4) is 0 Å². The molecule has 1 aliphatic heterocycles. The lowest BCUT2D eigenvalue weighted by atomic mass is 10.2. The van der Waals surface area contributed by atoms with Gasteiger partial charge in [0.1, 0.15) is 0 Å². The molecule has 1 saturated heterocycles. The van der Waals surface area contributed by atoms with Crippen molar-refractivity contribution in [1.29, 1.82) is 0 Å². The Kier molecular flexibility index (Phi) is 2.54. The van der Waals surface area contributed by atoms with Gasteiger partial charge in [0.2, 0.25) is 5.91 Å². The molecular formula is C10H14N2O2. The molecule has 0 bridgehead atoms. The van der Waals surface area contributed by atoms with Crippen LogP contribution in [0.2, 0.25) is 0 Å². The highest BCUT2D eigenvalue weighted by Crippen LogP contribution is 2.09. The summed E-state index contributed by atoms with van der Waals surface area (Å²) in [4.78, 5) is 13.0. The highest BCUT2D eigenvalue weighted by molar-refractivity contribution is 5.78. The number of nitrogens with zero attached hydrogens (tertiary/aromatic N) is 1. The monoisotopic (exact) mass is 194 g/mol. The first-order valence-corrected chi connectivity index (χ1v) is 4.74. The molecule has 4 heteroatoms. The van der Waals surface area contributed by atoms with Gasteiger partial charge in [0.05, 0.1) is 12.5 Å². The van der Waals surface area contributed by atoms with Gasteiger partial charge in [-0.1, -0.05) is 0 Å². The van der Waals surface area contributed by atoms with Crippen LogP contribution < -0.4 is 5.32 Å². The summed E-state index contributed by atoms with van der Waals surface area (Å²) in [5.74, 6) is 0.217. The molecule has 1 aromatic rings. The Bertz CT molecular complexity index is 308. The van der Waals surface area contributed by atoms with Crippen molar-refractivity contribution in [2.45, 2.75) is 19.0 Å². The normalized spacial score (nSPS) is 21.9. The zero-order valence-corrected chi connectivity index (χ0v) is 8.19. The molecule has 1 atom stereocenters. The molecule has 1 aliphatic rings. The minimum absolute atomic E-state index is 0.217. The highest BCUT2D eigenvalue weighted by Gasteiger charge is 2.25. The average Bonchev–Trinajstić information content (AvgIpc) is 2.74. The molecule has 2 heterocycles. The van der Waals surface area contributed by atoms with Crippen molar-refractivity contribution in [3.63, 3.8) is 0 Å². The van der Waals surface area contributed by atoms with E-state index in [-0.39, 0.29) is 11.9 Å². The standard InChI is InChI=1S/C10H14N2O2/c1-12-6-9(4-10(12)13)11-5-8-2-3-14-7-8/h2-3,7,9,11H,4-6H2,1H3. The smallest absolute Gasteiger partial charge is 0.224 e. The number of hydrogen-bond donors (Lipinski definition) is 1. The van der Waals surface area contributed by atoms with Gasteiger partial charge in [0.25, 0.3) is 0 Å². The van der Waals surface area contributed by atoms with Gasteiger partial charge in [0, 0.05) is 38.2 Å². The van der Waals surface area contributed by atoms with E-state index < -0.39 is 0 Å². The third-order valence-electron chi connectivity index (χ3n) is 2.52. The van der Waals surface area contributed by atoms with Crippen LogP contribution >= 0.6 is 0 Å². The number of rotatable bonds is 3. The maximum atomic E-state index is 11.2. The average molecular weight is 194 g/mol. The third kappa shape index (κ3) is 1.96. The zero-order chi connectivity index (χ0) is 9.97. The molecule has 0 saturated carbocycles. The number of likely N-dealkylation sites (N-methyl/N-ethyl adjacent to an activating group) is 1. The third-order valence-corrected chi connectivity index (χ3v) is 2.52. The molecular weight excluding hydrogens is 180 g/mol. The first-order valence-electron chi connectivity index (χ1n) is 4.74. The Hall–Kier alpha value is -1.29. The number of likely N-dealkylation sites (tertiary alicyclic amines) is 1. The lowest BCUT2D eigenvalue weighted by Gasteiger charge is -2.10. The summed E-state index contributed by atoms with van der Waals surface area (Å²) >= 11 is 0. The van der Waals surface area contributed by atoms with E-state index in [9.17, 15) is 4.79 Å². The van der Waals surface area contributed by atoms with E-state index in [1.54, 1.807) is 17.4 Å². The Labute approximate surface area is 82.9 Å². The SMILES string of the molecule is CN1CC(NCc2ccoc2)CC1=O. The number of amides is 1. The number of nitrogens with one attached hydrogen (secondary N) is 1. The van der Waals surface area contributed by atoms with Gasteiger partial charge in [-0.25, -0.2) is 0 Å². The first kappa shape index (κ1) is 9.27. The Balaban J connectivity index is 1.80. The van der Waals surface area contributed by atoms with E-state index in [4.69, 9.17) is 4.42 Å². The quantitative estimate of drug-likeness (QED) is 0.766. The number of carbonyl (C=O) groups excluding carboxylic acids is 1. The van der Waals surface area contributed by atoms with Crippen LogP contribution in [0.25, 0.3) is 0 Å². The second-order valence-electron chi connectivity index (χ2n) is 3.69. The van der Waals surface area contributed by atoms with Crippen LogP contribution in [-0.4, -0.2) is 30.4 Å². The topological polar surface area (TPSA) is 45.5 Å². The van der Waals surface area contributed by atoms with Crippen molar-refractivity contribution >= 4 is 5.91 Å². The van der Waals surface area contributed by atoms with Crippen molar-refractivity contribution in [2.24, 2.45) is 0 Å². The van der Waals surface area contributed by atoms with Crippen LogP contribution in [0.3, 0.4) is 0 Å².